The number of aryl methyl sites for hydroxylation is 1. The van der Waals surface area contributed by atoms with Crippen LogP contribution in [-0.4, -0.2) is 58.7 Å². The van der Waals surface area contributed by atoms with Crippen LogP contribution in [0.3, 0.4) is 0 Å². The minimum atomic E-state index is -0.591. The molecule has 2 N–H and O–H groups in total. The number of nitrogens with one attached hydrogen (secondary N) is 2. The van der Waals surface area contributed by atoms with Crippen LogP contribution in [0.4, 0.5) is 0 Å². The number of benzene rings is 1. The van der Waals surface area contributed by atoms with Crippen LogP contribution in [-0.2, 0) is 10.3 Å². The fourth-order valence-electron chi connectivity index (χ4n) is 4.52. The van der Waals surface area contributed by atoms with Crippen molar-refractivity contribution in [3.63, 3.8) is 0 Å². The predicted molar refractivity (Wildman–Crippen MR) is 118 cm³/mol. The Bertz CT molecular complexity index is 856. The van der Waals surface area contributed by atoms with Gasteiger partial charge in [-0.2, -0.15) is 5.10 Å². The lowest BCUT2D eigenvalue weighted by Crippen LogP contribution is -2.58. The lowest BCUT2D eigenvalue weighted by molar-refractivity contribution is -0.144. The summed E-state index contributed by atoms with van der Waals surface area (Å²) in [5, 5.41) is 10.9. The molecule has 0 unspecified atom stereocenters. The van der Waals surface area contributed by atoms with Crippen LogP contribution >= 0.6 is 12.4 Å². The summed E-state index contributed by atoms with van der Waals surface area (Å²) in [5.74, 6) is 0.130. The van der Waals surface area contributed by atoms with E-state index in [4.69, 9.17) is 0 Å². The first-order chi connectivity index (χ1) is 14.1. The number of hydrogen-bond acceptors (Lipinski definition) is 4. The summed E-state index contributed by atoms with van der Waals surface area (Å²) in [5.41, 5.74) is 1.11. The molecule has 0 saturated carbocycles. The van der Waals surface area contributed by atoms with Crippen molar-refractivity contribution in [2.75, 3.05) is 26.2 Å². The lowest BCUT2D eigenvalue weighted by atomic mass is 9.86. The molecule has 2 amide bonds. The molecule has 0 radical (unpaired) electrons. The molecule has 2 saturated heterocycles. The van der Waals surface area contributed by atoms with Gasteiger partial charge in [0.15, 0.2) is 0 Å². The number of rotatable bonds is 4. The third-order valence-electron chi connectivity index (χ3n) is 6.28. The van der Waals surface area contributed by atoms with Crippen molar-refractivity contribution in [1.82, 2.24) is 25.3 Å². The average molecular weight is 432 g/mol. The molecule has 2 fully saturated rings. The Labute approximate surface area is 183 Å². The quantitative estimate of drug-likeness (QED) is 0.777. The number of carbonyl (C=O) groups excluding carboxylic acids is 2. The van der Waals surface area contributed by atoms with Crippen LogP contribution in [0.2, 0.25) is 0 Å². The summed E-state index contributed by atoms with van der Waals surface area (Å²) < 4.78 is 1.85. The zero-order valence-electron chi connectivity index (χ0n) is 17.3. The maximum absolute atomic E-state index is 13.5. The Hall–Kier alpha value is -2.38. The number of amides is 2. The highest BCUT2D eigenvalue weighted by Crippen LogP contribution is 2.30. The molecular formula is C22H30ClN5O2. The van der Waals surface area contributed by atoms with Gasteiger partial charge in [0.2, 0.25) is 0 Å². The topological polar surface area (TPSA) is 79.3 Å². The van der Waals surface area contributed by atoms with E-state index < -0.39 is 5.54 Å². The van der Waals surface area contributed by atoms with Gasteiger partial charge < -0.3 is 15.5 Å². The van der Waals surface area contributed by atoms with Crippen LogP contribution in [0, 0.1) is 6.92 Å². The van der Waals surface area contributed by atoms with Crippen molar-refractivity contribution in [2.45, 2.75) is 44.2 Å². The average Bonchev–Trinajstić information content (AvgIpc) is 3.30. The third kappa shape index (κ3) is 4.37. The Balaban J connectivity index is 0.00000256. The fraction of sp³-hybridized carbons (Fsp3) is 0.500. The Morgan fingerprint density at radius 3 is 2.47 bits per heavy atom. The SMILES string of the molecule is Cc1ccccc1C(=O)NC1CCN(C(=O)C2(n3cccn3)CCNCC2)CC1.Cl. The van der Waals surface area contributed by atoms with Gasteiger partial charge in [0.25, 0.3) is 11.8 Å². The summed E-state index contributed by atoms with van der Waals surface area (Å²) in [4.78, 5) is 28.1. The first-order valence-corrected chi connectivity index (χ1v) is 10.5. The van der Waals surface area contributed by atoms with Crippen molar-refractivity contribution in [3.05, 3.63) is 53.9 Å². The minimum Gasteiger partial charge on any atom is -0.349 e. The van der Waals surface area contributed by atoms with Gasteiger partial charge in [0.05, 0.1) is 0 Å². The Morgan fingerprint density at radius 1 is 1.13 bits per heavy atom. The highest BCUT2D eigenvalue weighted by Gasteiger charge is 2.45. The van der Waals surface area contributed by atoms with Gasteiger partial charge in [0, 0.05) is 37.1 Å². The smallest absolute Gasteiger partial charge is 0.251 e. The molecule has 2 aliphatic heterocycles. The molecule has 0 bridgehead atoms. The molecule has 2 aromatic rings. The number of hydrogen-bond donors (Lipinski definition) is 2. The van der Waals surface area contributed by atoms with E-state index in [1.54, 1.807) is 6.20 Å². The first-order valence-electron chi connectivity index (χ1n) is 10.5. The number of nitrogens with zero attached hydrogens (tertiary/aromatic N) is 3. The summed E-state index contributed by atoms with van der Waals surface area (Å²) in [6, 6.07) is 9.60. The van der Waals surface area contributed by atoms with E-state index in [0.717, 1.165) is 49.9 Å². The van der Waals surface area contributed by atoms with Gasteiger partial charge in [-0.15, -0.1) is 12.4 Å². The van der Waals surface area contributed by atoms with E-state index >= 15 is 0 Å². The van der Waals surface area contributed by atoms with Crippen molar-refractivity contribution in [2.24, 2.45) is 0 Å². The van der Waals surface area contributed by atoms with Gasteiger partial charge in [-0.05, 0) is 63.4 Å². The molecule has 0 spiro atoms. The molecule has 162 valence electrons. The van der Waals surface area contributed by atoms with Crippen LogP contribution in [0.5, 0.6) is 0 Å². The second kappa shape index (κ2) is 9.62. The van der Waals surface area contributed by atoms with Crippen LogP contribution < -0.4 is 10.6 Å². The maximum atomic E-state index is 13.5. The first kappa shape index (κ1) is 22.3. The van der Waals surface area contributed by atoms with Crippen molar-refractivity contribution in [1.29, 1.82) is 0 Å². The predicted octanol–water partition coefficient (Wildman–Crippen LogP) is 2.11. The zero-order valence-corrected chi connectivity index (χ0v) is 18.2. The maximum Gasteiger partial charge on any atom is 0.251 e. The monoisotopic (exact) mass is 431 g/mol. The van der Waals surface area contributed by atoms with Gasteiger partial charge in [-0.1, -0.05) is 18.2 Å². The highest BCUT2D eigenvalue weighted by atomic mass is 35.5. The summed E-state index contributed by atoms with van der Waals surface area (Å²) in [6.07, 6.45) is 6.69. The molecule has 7 nitrogen and oxygen atoms in total. The van der Waals surface area contributed by atoms with Gasteiger partial charge in [-0.25, -0.2) is 0 Å². The molecule has 0 aliphatic carbocycles. The normalized spacial score (nSPS) is 19.0. The van der Waals surface area contributed by atoms with E-state index in [9.17, 15) is 9.59 Å². The zero-order chi connectivity index (χ0) is 20.3. The Morgan fingerprint density at radius 2 is 1.83 bits per heavy atom. The summed E-state index contributed by atoms with van der Waals surface area (Å²) >= 11 is 0. The second-order valence-electron chi connectivity index (χ2n) is 8.09. The minimum absolute atomic E-state index is 0. The van der Waals surface area contributed by atoms with E-state index in [1.165, 1.54) is 0 Å². The number of halogens is 1. The van der Waals surface area contributed by atoms with Crippen molar-refractivity contribution >= 4 is 24.2 Å². The summed E-state index contributed by atoms with van der Waals surface area (Å²) in [7, 11) is 0. The van der Waals surface area contributed by atoms with Crippen molar-refractivity contribution < 1.29 is 9.59 Å². The number of piperidine rings is 2. The molecule has 3 heterocycles. The Kier molecular flexibility index (Phi) is 7.15. The molecular weight excluding hydrogens is 402 g/mol. The lowest BCUT2D eigenvalue weighted by Gasteiger charge is -2.42. The van der Waals surface area contributed by atoms with Crippen molar-refractivity contribution in [3.8, 4) is 0 Å². The molecule has 2 aliphatic rings. The largest absolute Gasteiger partial charge is 0.349 e. The second-order valence-corrected chi connectivity index (χ2v) is 8.09. The molecule has 30 heavy (non-hydrogen) atoms. The number of likely N-dealkylation sites (tertiary alicyclic amines) is 1. The van der Waals surface area contributed by atoms with Gasteiger partial charge in [0.1, 0.15) is 5.54 Å². The third-order valence-corrected chi connectivity index (χ3v) is 6.28. The van der Waals surface area contributed by atoms with E-state index in [0.29, 0.717) is 13.1 Å². The number of carbonyl (C=O) groups is 2. The van der Waals surface area contributed by atoms with Crippen LogP contribution in [0.1, 0.15) is 41.6 Å². The van der Waals surface area contributed by atoms with E-state index in [1.807, 2.05) is 53.0 Å². The molecule has 8 heteroatoms. The standard InChI is InChI=1S/C22H29N5O2.ClH/c1-17-5-2-3-6-19(17)20(28)25-18-7-15-26(16-8-18)21(29)22(9-12-23-13-10-22)27-14-4-11-24-27;/h2-6,11,14,18,23H,7-10,12-13,15-16H2,1H3,(H,25,28);1H. The van der Waals surface area contributed by atoms with Gasteiger partial charge in [-0.3, -0.25) is 14.3 Å². The van der Waals surface area contributed by atoms with Crippen LogP contribution in [0.25, 0.3) is 0 Å². The molecule has 4 rings (SSSR count). The molecule has 1 aromatic carbocycles. The van der Waals surface area contributed by atoms with Gasteiger partial charge >= 0.3 is 0 Å². The molecule has 0 atom stereocenters. The van der Waals surface area contributed by atoms with E-state index in [2.05, 4.69) is 15.7 Å². The van der Waals surface area contributed by atoms with E-state index in [-0.39, 0.29) is 30.3 Å². The van der Waals surface area contributed by atoms with Crippen LogP contribution in [0.15, 0.2) is 42.7 Å². The summed E-state index contributed by atoms with van der Waals surface area (Å²) in [6.45, 7) is 4.90. The fourth-order valence-corrected chi connectivity index (χ4v) is 4.52. The number of aromatic nitrogens is 2. The highest BCUT2D eigenvalue weighted by molar-refractivity contribution is 5.95. The molecule has 1 aromatic heterocycles.